The molecule has 2 rings (SSSR count). The number of rotatable bonds is 11. The first-order valence-electron chi connectivity index (χ1n) is 9.43. The monoisotopic (exact) mass is 420 g/mol. The van der Waals surface area contributed by atoms with E-state index in [0.717, 1.165) is 17.6 Å². The summed E-state index contributed by atoms with van der Waals surface area (Å²) in [5.74, 6) is 1.24. The number of methoxy groups -OCH3 is 1. The second-order valence-corrected chi connectivity index (χ2v) is 8.40. The van der Waals surface area contributed by atoms with Crippen LogP contribution >= 0.6 is 0 Å². The van der Waals surface area contributed by atoms with Crippen molar-refractivity contribution in [3.63, 3.8) is 0 Å². The van der Waals surface area contributed by atoms with E-state index in [1.54, 1.807) is 24.3 Å². The number of anilines is 1. The molecule has 0 aliphatic heterocycles. The van der Waals surface area contributed by atoms with E-state index >= 15 is 0 Å². The van der Waals surface area contributed by atoms with Crippen LogP contribution in [-0.2, 0) is 21.4 Å². The summed E-state index contributed by atoms with van der Waals surface area (Å²) in [6.45, 7) is 3.16. The Morgan fingerprint density at radius 3 is 2.45 bits per heavy atom. The van der Waals surface area contributed by atoms with Crippen molar-refractivity contribution in [2.24, 2.45) is 0 Å². The second-order valence-electron chi connectivity index (χ2n) is 6.49. The van der Waals surface area contributed by atoms with Gasteiger partial charge in [-0.25, -0.2) is 8.42 Å². The van der Waals surface area contributed by atoms with Crippen LogP contribution in [0.2, 0.25) is 0 Å². The normalized spacial score (nSPS) is 11.0. The molecule has 0 saturated heterocycles. The molecule has 8 heteroatoms. The number of carbonyl (C=O) groups excluding carboxylic acids is 1. The largest absolute Gasteiger partial charge is 0.497 e. The molecule has 0 spiro atoms. The number of carbonyl (C=O) groups is 1. The molecule has 0 bridgehead atoms. The lowest BCUT2D eigenvalue weighted by atomic mass is 10.2. The first-order chi connectivity index (χ1) is 13.8. The van der Waals surface area contributed by atoms with Crippen LogP contribution < -0.4 is 19.1 Å². The molecular weight excluding hydrogens is 392 g/mol. The number of benzene rings is 2. The van der Waals surface area contributed by atoms with E-state index < -0.39 is 10.0 Å². The predicted molar refractivity (Wildman–Crippen MR) is 114 cm³/mol. The quantitative estimate of drug-likeness (QED) is 0.604. The molecule has 2 aromatic carbocycles. The zero-order valence-electron chi connectivity index (χ0n) is 17.1. The molecule has 29 heavy (non-hydrogen) atoms. The third kappa shape index (κ3) is 7.30. The van der Waals surface area contributed by atoms with Gasteiger partial charge < -0.3 is 14.8 Å². The van der Waals surface area contributed by atoms with Gasteiger partial charge in [0.15, 0.2) is 0 Å². The Bertz CT molecular complexity index is 898. The van der Waals surface area contributed by atoms with Crippen molar-refractivity contribution in [2.75, 3.05) is 30.8 Å². The maximum Gasteiger partial charge on any atom is 0.232 e. The molecule has 0 aliphatic rings. The molecule has 158 valence electrons. The number of hydrogen-bond donors (Lipinski definition) is 1. The second kappa shape index (κ2) is 10.7. The molecule has 0 radical (unpaired) electrons. The minimum atomic E-state index is -3.47. The molecule has 0 atom stereocenters. The highest BCUT2D eigenvalue weighted by Gasteiger charge is 2.18. The summed E-state index contributed by atoms with van der Waals surface area (Å²) in [6, 6.07) is 14.4. The Morgan fingerprint density at radius 1 is 1.10 bits per heavy atom. The third-order valence-electron chi connectivity index (χ3n) is 4.23. The van der Waals surface area contributed by atoms with Crippen LogP contribution in [0.4, 0.5) is 5.69 Å². The van der Waals surface area contributed by atoms with E-state index in [1.165, 1.54) is 11.4 Å². The molecule has 0 heterocycles. The van der Waals surface area contributed by atoms with E-state index in [9.17, 15) is 13.2 Å². The van der Waals surface area contributed by atoms with Crippen LogP contribution in [0.5, 0.6) is 11.5 Å². The maximum absolute atomic E-state index is 12.2. The van der Waals surface area contributed by atoms with Gasteiger partial charge in [-0.05, 0) is 43.2 Å². The standard InChI is InChI=1S/C21H28N2O5S/c1-4-28-19-12-10-17(11-13-19)16-22-21(24)9-6-14-23(29(3,25)26)18-7-5-8-20(15-18)27-2/h5,7-8,10-13,15H,4,6,9,14,16H2,1-3H3,(H,22,24). The molecule has 0 unspecified atom stereocenters. The highest BCUT2D eigenvalue weighted by molar-refractivity contribution is 7.92. The Morgan fingerprint density at radius 2 is 1.83 bits per heavy atom. The number of nitrogens with one attached hydrogen (secondary N) is 1. The van der Waals surface area contributed by atoms with Gasteiger partial charge in [0.05, 0.1) is 25.7 Å². The van der Waals surface area contributed by atoms with Crippen LogP contribution in [0, 0.1) is 0 Å². The van der Waals surface area contributed by atoms with Crippen molar-refractivity contribution in [1.29, 1.82) is 0 Å². The van der Waals surface area contributed by atoms with E-state index in [4.69, 9.17) is 9.47 Å². The number of nitrogens with zero attached hydrogens (tertiary/aromatic N) is 1. The summed E-state index contributed by atoms with van der Waals surface area (Å²) in [7, 11) is -1.94. The molecule has 0 aliphatic carbocycles. The Hall–Kier alpha value is -2.74. The summed E-state index contributed by atoms with van der Waals surface area (Å²) < 4.78 is 36.2. The predicted octanol–water partition coefficient (Wildman–Crippen LogP) is 2.96. The Labute approximate surface area is 172 Å². The average molecular weight is 421 g/mol. The fraction of sp³-hybridized carbons (Fsp3) is 0.381. The smallest absolute Gasteiger partial charge is 0.232 e. The van der Waals surface area contributed by atoms with Crippen LogP contribution in [-0.4, -0.2) is 40.8 Å². The fourth-order valence-corrected chi connectivity index (χ4v) is 3.75. The van der Waals surface area contributed by atoms with Crippen LogP contribution in [0.3, 0.4) is 0 Å². The zero-order chi connectivity index (χ0) is 21.3. The lowest BCUT2D eigenvalue weighted by molar-refractivity contribution is -0.121. The summed E-state index contributed by atoms with van der Waals surface area (Å²) in [4.78, 5) is 12.1. The Kier molecular flexibility index (Phi) is 8.33. The number of hydrogen-bond acceptors (Lipinski definition) is 5. The van der Waals surface area contributed by atoms with Crippen molar-refractivity contribution in [3.8, 4) is 11.5 Å². The van der Waals surface area contributed by atoms with E-state index in [2.05, 4.69) is 5.32 Å². The van der Waals surface area contributed by atoms with Gasteiger partial charge in [-0.2, -0.15) is 0 Å². The molecule has 0 fully saturated rings. The van der Waals surface area contributed by atoms with E-state index in [0.29, 0.717) is 31.0 Å². The molecule has 0 aromatic heterocycles. The molecular formula is C21H28N2O5S. The van der Waals surface area contributed by atoms with Crippen LogP contribution in [0.25, 0.3) is 0 Å². The molecule has 0 saturated carbocycles. The highest BCUT2D eigenvalue weighted by atomic mass is 32.2. The maximum atomic E-state index is 12.2. The highest BCUT2D eigenvalue weighted by Crippen LogP contribution is 2.23. The third-order valence-corrected chi connectivity index (χ3v) is 5.42. The van der Waals surface area contributed by atoms with Crippen molar-refractivity contribution in [1.82, 2.24) is 5.32 Å². The summed E-state index contributed by atoms with van der Waals surface area (Å²) >= 11 is 0. The number of ether oxygens (including phenoxy) is 2. The van der Waals surface area contributed by atoms with Crippen molar-refractivity contribution < 1.29 is 22.7 Å². The van der Waals surface area contributed by atoms with Gasteiger partial charge in [0.1, 0.15) is 11.5 Å². The molecule has 1 N–H and O–H groups in total. The summed E-state index contributed by atoms with van der Waals surface area (Å²) in [6.07, 6.45) is 1.78. The van der Waals surface area contributed by atoms with E-state index in [1.807, 2.05) is 31.2 Å². The SMILES string of the molecule is CCOc1ccc(CNC(=O)CCCN(c2cccc(OC)c2)S(C)(=O)=O)cc1. The first-order valence-corrected chi connectivity index (χ1v) is 11.3. The van der Waals surface area contributed by atoms with Gasteiger partial charge in [-0.1, -0.05) is 18.2 Å². The van der Waals surface area contributed by atoms with Crippen LogP contribution in [0.1, 0.15) is 25.3 Å². The first kappa shape index (κ1) is 22.5. The number of amides is 1. The lowest BCUT2D eigenvalue weighted by Gasteiger charge is -2.22. The van der Waals surface area contributed by atoms with Gasteiger partial charge in [0.25, 0.3) is 0 Å². The van der Waals surface area contributed by atoms with Gasteiger partial charge in [-0.3, -0.25) is 9.10 Å². The fourth-order valence-electron chi connectivity index (χ4n) is 2.79. The Balaban J connectivity index is 1.86. The summed E-state index contributed by atoms with van der Waals surface area (Å²) in [5, 5.41) is 2.85. The van der Waals surface area contributed by atoms with Crippen LogP contribution in [0.15, 0.2) is 48.5 Å². The minimum absolute atomic E-state index is 0.127. The van der Waals surface area contributed by atoms with Crippen molar-refractivity contribution in [3.05, 3.63) is 54.1 Å². The molecule has 7 nitrogen and oxygen atoms in total. The lowest BCUT2D eigenvalue weighted by Crippen LogP contribution is -2.32. The van der Waals surface area contributed by atoms with Gasteiger partial charge in [0, 0.05) is 25.6 Å². The van der Waals surface area contributed by atoms with E-state index in [-0.39, 0.29) is 18.9 Å². The zero-order valence-corrected chi connectivity index (χ0v) is 17.9. The molecule has 2 aromatic rings. The minimum Gasteiger partial charge on any atom is -0.497 e. The number of sulfonamides is 1. The molecule has 1 amide bonds. The van der Waals surface area contributed by atoms with Crippen molar-refractivity contribution >= 4 is 21.6 Å². The van der Waals surface area contributed by atoms with Gasteiger partial charge in [-0.15, -0.1) is 0 Å². The van der Waals surface area contributed by atoms with Gasteiger partial charge in [0.2, 0.25) is 15.9 Å². The average Bonchev–Trinajstić information content (AvgIpc) is 2.70. The van der Waals surface area contributed by atoms with Gasteiger partial charge >= 0.3 is 0 Å². The summed E-state index contributed by atoms with van der Waals surface area (Å²) in [5.41, 5.74) is 1.48. The van der Waals surface area contributed by atoms with Crippen molar-refractivity contribution in [2.45, 2.75) is 26.3 Å². The topological polar surface area (TPSA) is 84.9 Å².